The van der Waals surface area contributed by atoms with Crippen LogP contribution in [0, 0.1) is 6.92 Å². The average Bonchev–Trinajstić information content (AvgIpc) is 2.97. The normalized spacial score (nSPS) is 11.9. The van der Waals surface area contributed by atoms with Crippen LogP contribution in [0.5, 0.6) is 0 Å². The number of carbonyl (C=O) groups excluding carboxylic acids is 1. The topological polar surface area (TPSA) is 81.3 Å². The number of alkyl halides is 3. The van der Waals surface area contributed by atoms with Crippen molar-refractivity contribution in [3.8, 4) is 0 Å². The molecule has 10 heteroatoms. The quantitative estimate of drug-likeness (QED) is 0.572. The van der Waals surface area contributed by atoms with Gasteiger partial charge in [-0.05, 0) is 31.2 Å². The summed E-state index contributed by atoms with van der Waals surface area (Å²) in [5.41, 5.74) is -0.0898. The third kappa shape index (κ3) is 3.44. The highest BCUT2D eigenvalue weighted by Gasteiger charge is 2.33. The van der Waals surface area contributed by atoms with Gasteiger partial charge in [-0.1, -0.05) is 23.8 Å². The van der Waals surface area contributed by atoms with Crippen molar-refractivity contribution in [3.05, 3.63) is 70.4 Å². The van der Waals surface area contributed by atoms with Crippen LogP contribution in [-0.4, -0.2) is 25.1 Å². The van der Waals surface area contributed by atoms with Gasteiger partial charge in [0.1, 0.15) is 12.9 Å². The maximum atomic E-state index is 13.1. The smallest absolute Gasteiger partial charge is 0.324 e. The number of aryl methyl sites for hydroxylation is 1. The van der Waals surface area contributed by atoms with E-state index in [1.807, 2.05) is 19.1 Å². The average molecular weight is 401 g/mol. The minimum absolute atomic E-state index is 0.312. The van der Waals surface area contributed by atoms with Crippen molar-refractivity contribution in [2.45, 2.75) is 19.6 Å². The Morgan fingerprint density at radius 2 is 1.93 bits per heavy atom. The number of carbonyl (C=O) groups is 1. The van der Waals surface area contributed by atoms with Gasteiger partial charge in [0.2, 0.25) is 5.91 Å². The van der Waals surface area contributed by atoms with Crippen LogP contribution >= 0.6 is 0 Å². The molecule has 2 aromatic carbocycles. The van der Waals surface area contributed by atoms with E-state index in [9.17, 15) is 22.8 Å². The van der Waals surface area contributed by atoms with Gasteiger partial charge in [-0.3, -0.25) is 4.79 Å². The van der Waals surface area contributed by atoms with Crippen LogP contribution in [0.2, 0.25) is 0 Å². The molecule has 2 aromatic heterocycles. The van der Waals surface area contributed by atoms with Gasteiger partial charge < -0.3 is 5.32 Å². The molecule has 7 nitrogen and oxygen atoms in total. The van der Waals surface area contributed by atoms with Gasteiger partial charge in [0, 0.05) is 5.39 Å². The third-order valence-corrected chi connectivity index (χ3v) is 4.38. The lowest BCUT2D eigenvalue weighted by Crippen LogP contribution is -2.28. The molecule has 0 saturated heterocycles. The summed E-state index contributed by atoms with van der Waals surface area (Å²) in [5.74, 6) is -0.805. The Morgan fingerprint density at radius 3 is 2.69 bits per heavy atom. The van der Waals surface area contributed by atoms with E-state index in [0.29, 0.717) is 16.6 Å². The fourth-order valence-electron chi connectivity index (χ4n) is 3.04. The summed E-state index contributed by atoms with van der Waals surface area (Å²) in [5, 5.41) is 7.01. The number of amides is 1. The molecule has 0 aliphatic carbocycles. The summed E-state index contributed by atoms with van der Waals surface area (Å²) in [6.45, 7) is 1.34. The molecule has 0 bridgehead atoms. The van der Waals surface area contributed by atoms with Gasteiger partial charge in [-0.25, -0.2) is 18.9 Å². The first-order valence-corrected chi connectivity index (χ1v) is 8.54. The zero-order valence-corrected chi connectivity index (χ0v) is 15.1. The second-order valence-corrected chi connectivity index (χ2v) is 6.49. The molecular weight excluding hydrogens is 387 g/mol. The van der Waals surface area contributed by atoms with Crippen molar-refractivity contribution in [2.75, 3.05) is 5.32 Å². The highest BCUT2D eigenvalue weighted by molar-refractivity contribution is 5.92. The Balaban J connectivity index is 1.68. The Morgan fingerprint density at radius 1 is 1.17 bits per heavy atom. The molecule has 1 amide bonds. The maximum Gasteiger partial charge on any atom is 0.418 e. The van der Waals surface area contributed by atoms with Crippen LogP contribution in [0.25, 0.3) is 16.6 Å². The molecule has 2 heterocycles. The van der Waals surface area contributed by atoms with E-state index in [1.165, 1.54) is 22.9 Å². The first kappa shape index (κ1) is 18.7. The monoisotopic (exact) mass is 401 g/mol. The number of rotatable bonds is 3. The van der Waals surface area contributed by atoms with Crippen molar-refractivity contribution < 1.29 is 18.0 Å². The largest absolute Gasteiger partial charge is 0.418 e. The van der Waals surface area contributed by atoms with Crippen molar-refractivity contribution in [1.82, 2.24) is 19.2 Å². The molecule has 0 fully saturated rings. The predicted octanol–water partition coefficient (Wildman–Crippen LogP) is 3.01. The van der Waals surface area contributed by atoms with E-state index in [2.05, 4.69) is 15.4 Å². The van der Waals surface area contributed by atoms with Crippen molar-refractivity contribution in [2.24, 2.45) is 0 Å². The van der Waals surface area contributed by atoms with E-state index in [0.717, 1.165) is 22.4 Å². The molecule has 4 rings (SSSR count). The number of nitrogens with one attached hydrogen (secondary N) is 1. The Labute approximate surface area is 161 Å². The third-order valence-electron chi connectivity index (χ3n) is 4.38. The van der Waals surface area contributed by atoms with E-state index in [4.69, 9.17) is 0 Å². The molecule has 0 aliphatic heterocycles. The zero-order valence-electron chi connectivity index (χ0n) is 15.1. The van der Waals surface area contributed by atoms with Crippen LogP contribution in [0.3, 0.4) is 0 Å². The first-order valence-electron chi connectivity index (χ1n) is 8.54. The SMILES string of the molecule is Cc1ccc2ncn3c(=O)n(CC(=O)Nc4ccccc4C(F)(F)F)nc3c2c1. The van der Waals surface area contributed by atoms with Gasteiger partial charge in [0.15, 0.2) is 5.65 Å². The Kier molecular flexibility index (Phi) is 4.33. The lowest BCUT2D eigenvalue weighted by atomic mass is 10.1. The van der Waals surface area contributed by atoms with Crippen molar-refractivity contribution >= 4 is 28.1 Å². The number of hydrogen-bond acceptors (Lipinski definition) is 4. The number of fused-ring (bicyclic) bond motifs is 3. The second-order valence-electron chi connectivity index (χ2n) is 6.49. The van der Waals surface area contributed by atoms with E-state index in [-0.39, 0.29) is 5.69 Å². The van der Waals surface area contributed by atoms with Crippen LogP contribution in [0.1, 0.15) is 11.1 Å². The lowest BCUT2D eigenvalue weighted by molar-refractivity contribution is -0.137. The number of halogens is 3. The van der Waals surface area contributed by atoms with E-state index in [1.54, 1.807) is 6.07 Å². The lowest BCUT2D eigenvalue weighted by Gasteiger charge is -2.13. The molecule has 0 radical (unpaired) electrons. The van der Waals surface area contributed by atoms with Gasteiger partial charge in [-0.15, -0.1) is 5.10 Å². The van der Waals surface area contributed by atoms with Crippen molar-refractivity contribution in [1.29, 1.82) is 0 Å². The molecule has 148 valence electrons. The summed E-state index contributed by atoms with van der Waals surface area (Å²) < 4.78 is 41.3. The Bertz CT molecular complexity index is 1310. The molecule has 0 saturated carbocycles. The summed E-state index contributed by atoms with van der Waals surface area (Å²) in [6.07, 6.45) is -3.32. The highest BCUT2D eigenvalue weighted by Crippen LogP contribution is 2.34. The van der Waals surface area contributed by atoms with Crippen LogP contribution in [0.15, 0.2) is 53.6 Å². The zero-order chi connectivity index (χ0) is 20.8. The minimum Gasteiger partial charge on any atom is -0.324 e. The number of anilines is 1. The number of benzene rings is 2. The number of hydrogen-bond donors (Lipinski definition) is 1. The number of aromatic nitrogens is 4. The van der Waals surface area contributed by atoms with Crippen LogP contribution < -0.4 is 11.0 Å². The standard InChI is InChI=1S/C19H14F3N5O2/c1-11-6-7-14-12(8-11)17-25-27(18(29)26(17)10-23-14)9-16(28)24-15-5-3-2-4-13(15)19(20,21)22/h2-8,10H,9H2,1H3,(H,24,28). The molecule has 0 unspecified atom stereocenters. The predicted molar refractivity (Wildman–Crippen MR) is 99.6 cm³/mol. The fraction of sp³-hybridized carbons (Fsp3) is 0.158. The van der Waals surface area contributed by atoms with Crippen molar-refractivity contribution in [3.63, 3.8) is 0 Å². The fourth-order valence-corrected chi connectivity index (χ4v) is 3.04. The summed E-state index contributed by atoms with van der Waals surface area (Å²) >= 11 is 0. The van der Waals surface area contributed by atoms with Gasteiger partial charge in [0.25, 0.3) is 0 Å². The molecule has 0 aliphatic rings. The highest BCUT2D eigenvalue weighted by atomic mass is 19.4. The number of para-hydroxylation sites is 1. The van der Waals surface area contributed by atoms with E-state index < -0.39 is 29.9 Å². The minimum atomic E-state index is -4.62. The Hall–Kier alpha value is -3.69. The van der Waals surface area contributed by atoms with Gasteiger partial charge >= 0.3 is 11.9 Å². The van der Waals surface area contributed by atoms with Crippen LogP contribution in [0.4, 0.5) is 18.9 Å². The van der Waals surface area contributed by atoms with Gasteiger partial charge in [-0.2, -0.15) is 13.2 Å². The van der Waals surface area contributed by atoms with E-state index >= 15 is 0 Å². The van der Waals surface area contributed by atoms with Crippen LogP contribution in [-0.2, 0) is 17.5 Å². The molecule has 4 aromatic rings. The number of nitrogens with zero attached hydrogens (tertiary/aromatic N) is 4. The molecule has 0 spiro atoms. The molecular formula is C19H14F3N5O2. The molecule has 0 atom stereocenters. The second kappa shape index (κ2) is 6.73. The first-order chi connectivity index (χ1) is 13.7. The van der Waals surface area contributed by atoms with Gasteiger partial charge in [0.05, 0.1) is 16.8 Å². The molecule has 1 N–H and O–H groups in total. The summed E-state index contributed by atoms with van der Waals surface area (Å²) in [7, 11) is 0. The molecule has 29 heavy (non-hydrogen) atoms. The summed E-state index contributed by atoms with van der Waals surface area (Å²) in [4.78, 5) is 29.0. The summed E-state index contributed by atoms with van der Waals surface area (Å²) in [6, 6.07) is 10.1. The maximum absolute atomic E-state index is 13.1.